The summed E-state index contributed by atoms with van der Waals surface area (Å²) in [4.78, 5) is 4.21. The Hall–Kier alpha value is -2.47. The molecular weight excluding hydrogens is 472 g/mol. The molecule has 28 heavy (non-hydrogen) atoms. The van der Waals surface area contributed by atoms with E-state index in [4.69, 9.17) is 15.9 Å². The summed E-state index contributed by atoms with van der Waals surface area (Å²) in [6.45, 7) is 1.43. The Morgan fingerprint density at radius 1 is 1.11 bits per heavy atom. The summed E-state index contributed by atoms with van der Waals surface area (Å²) in [5.74, 6) is 4.14. The van der Waals surface area contributed by atoms with E-state index < -0.39 is 0 Å². The fourth-order valence-electron chi connectivity index (χ4n) is 2.45. The lowest BCUT2D eigenvalue weighted by Gasteiger charge is -2.14. The predicted molar refractivity (Wildman–Crippen MR) is 121 cm³/mol. The molecule has 5 nitrogen and oxygen atoms in total. The molecule has 0 aliphatic heterocycles. The molecule has 7 heteroatoms. The van der Waals surface area contributed by atoms with Gasteiger partial charge in [0, 0.05) is 20.1 Å². The lowest BCUT2D eigenvalue weighted by Crippen LogP contribution is -2.37. The number of nitrogens with one attached hydrogen (secondary N) is 2. The third kappa shape index (κ3) is 7.64. The van der Waals surface area contributed by atoms with Crippen molar-refractivity contribution >= 4 is 29.9 Å². The lowest BCUT2D eigenvalue weighted by atomic mass is 10.1. The van der Waals surface area contributed by atoms with Gasteiger partial charge in [-0.25, -0.2) is 4.39 Å². The molecule has 0 aromatic heterocycles. The van der Waals surface area contributed by atoms with Crippen molar-refractivity contribution in [1.29, 1.82) is 0 Å². The first-order valence-electron chi connectivity index (χ1n) is 8.58. The van der Waals surface area contributed by atoms with Gasteiger partial charge < -0.3 is 20.1 Å². The van der Waals surface area contributed by atoms with E-state index in [-0.39, 0.29) is 36.4 Å². The van der Waals surface area contributed by atoms with Gasteiger partial charge in [0.1, 0.15) is 12.4 Å². The summed E-state index contributed by atoms with van der Waals surface area (Å²) in [5, 5.41) is 6.48. The zero-order chi connectivity index (χ0) is 19.5. The van der Waals surface area contributed by atoms with Gasteiger partial charge >= 0.3 is 0 Å². The number of halogens is 2. The Balaban J connectivity index is 0.00000392. The van der Waals surface area contributed by atoms with Crippen LogP contribution in [0.15, 0.2) is 47.5 Å². The highest BCUT2D eigenvalue weighted by Crippen LogP contribution is 2.27. The summed E-state index contributed by atoms with van der Waals surface area (Å²) < 4.78 is 23.7. The van der Waals surface area contributed by atoms with Crippen molar-refractivity contribution in [3.63, 3.8) is 0 Å². The topological polar surface area (TPSA) is 54.9 Å². The molecule has 0 aliphatic rings. The molecule has 0 fully saturated rings. The van der Waals surface area contributed by atoms with E-state index >= 15 is 0 Å². The first-order valence-corrected chi connectivity index (χ1v) is 8.58. The van der Waals surface area contributed by atoms with E-state index in [9.17, 15) is 4.39 Å². The number of aliphatic imine (C=N–C) groups is 1. The van der Waals surface area contributed by atoms with Crippen molar-refractivity contribution in [2.24, 2.45) is 4.99 Å². The monoisotopic (exact) mass is 497 g/mol. The molecule has 0 bridgehead atoms. The molecule has 0 spiro atoms. The standard InChI is InChI=1S/C21H24FN3O2.HI/c1-4-13-27-20-14-17(7-10-19(20)26-3)15-25-21(23-2)24-12-11-16-5-8-18(22)9-6-16;/h1,5-10,14H,11-13,15H2,2-3H3,(H2,23,24,25);1H. The minimum Gasteiger partial charge on any atom is -0.493 e. The van der Waals surface area contributed by atoms with E-state index in [0.717, 1.165) is 17.5 Å². The fraction of sp³-hybridized carbons (Fsp3) is 0.286. The van der Waals surface area contributed by atoms with Crippen LogP contribution in [0.5, 0.6) is 11.5 Å². The molecule has 0 aliphatic carbocycles. The summed E-state index contributed by atoms with van der Waals surface area (Å²) in [7, 11) is 3.30. The first-order chi connectivity index (χ1) is 13.2. The van der Waals surface area contributed by atoms with Crippen molar-refractivity contribution in [3.05, 3.63) is 59.4 Å². The van der Waals surface area contributed by atoms with E-state index in [1.54, 1.807) is 26.3 Å². The van der Waals surface area contributed by atoms with Gasteiger partial charge in [-0.05, 0) is 41.8 Å². The number of ether oxygens (including phenoxy) is 2. The molecule has 0 radical (unpaired) electrons. The number of terminal acetylenes is 1. The van der Waals surface area contributed by atoms with Gasteiger partial charge in [-0.15, -0.1) is 30.4 Å². The van der Waals surface area contributed by atoms with E-state index in [1.807, 2.05) is 18.2 Å². The van der Waals surface area contributed by atoms with Gasteiger partial charge in [-0.3, -0.25) is 4.99 Å². The Morgan fingerprint density at radius 2 is 1.82 bits per heavy atom. The quantitative estimate of drug-likeness (QED) is 0.254. The Morgan fingerprint density at radius 3 is 2.46 bits per heavy atom. The van der Waals surface area contributed by atoms with Crippen LogP contribution in [0.25, 0.3) is 0 Å². The highest BCUT2D eigenvalue weighted by Gasteiger charge is 2.06. The summed E-state index contributed by atoms with van der Waals surface area (Å²) in [6.07, 6.45) is 6.02. The maximum Gasteiger partial charge on any atom is 0.191 e. The number of benzene rings is 2. The van der Waals surface area contributed by atoms with Crippen molar-refractivity contribution < 1.29 is 13.9 Å². The molecule has 2 rings (SSSR count). The molecule has 0 saturated heterocycles. The third-order valence-corrected chi connectivity index (χ3v) is 3.84. The number of nitrogens with zero attached hydrogens (tertiary/aromatic N) is 1. The summed E-state index contributed by atoms with van der Waals surface area (Å²) in [5.41, 5.74) is 2.06. The average molecular weight is 497 g/mol. The molecule has 0 amide bonds. The molecule has 150 valence electrons. The highest BCUT2D eigenvalue weighted by molar-refractivity contribution is 14.0. The van der Waals surface area contributed by atoms with Gasteiger partial charge in [-0.1, -0.05) is 24.1 Å². The molecule has 0 unspecified atom stereocenters. The minimum absolute atomic E-state index is 0. The zero-order valence-electron chi connectivity index (χ0n) is 16.0. The van der Waals surface area contributed by atoms with Gasteiger partial charge in [0.2, 0.25) is 0 Å². The predicted octanol–water partition coefficient (Wildman–Crippen LogP) is 3.37. The number of hydrogen-bond acceptors (Lipinski definition) is 3. The van der Waals surface area contributed by atoms with Crippen LogP contribution in [0.1, 0.15) is 11.1 Å². The number of hydrogen-bond donors (Lipinski definition) is 2. The van der Waals surface area contributed by atoms with Crippen molar-refractivity contribution in [1.82, 2.24) is 10.6 Å². The van der Waals surface area contributed by atoms with Gasteiger partial charge in [0.25, 0.3) is 0 Å². The van der Waals surface area contributed by atoms with E-state index in [1.165, 1.54) is 12.1 Å². The summed E-state index contributed by atoms with van der Waals surface area (Å²) in [6, 6.07) is 12.2. The second-order valence-corrected chi connectivity index (χ2v) is 5.71. The second-order valence-electron chi connectivity index (χ2n) is 5.71. The third-order valence-electron chi connectivity index (χ3n) is 3.84. The van der Waals surface area contributed by atoms with Crippen LogP contribution in [0, 0.1) is 18.2 Å². The van der Waals surface area contributed by atoms with Crippen LogP contribution < -0.4 is 20.1 Å². The first kappa shape index (κ1) is 23.6. The van der Waals surface area contributed by atoms with Crippen LogP contribution in [0.4, 0.5) is 4.39 Å². The maximum absolute atomic E-state index is 12.9. The molecule has 0 heterocycles. The number of guanidine groups is 1. The zero-order valence-corrected chi connectivity index (χ0v) is 18.3. The van der Waals surface area contributed by atoms with Crippen LogP contribution in [-0.2, 0) is 13.0 Å². The molecule has 0 atom stereocenters. The lowest BCUT2D eigenvalue weighted by molar-refractivity contribution is 0.330. The van der Waals surface area contributed by atoms with Crippen molar-refractivity contribution in [2.45, 2.75) is 13.0 Å². The molecule has 0 saturated carbocycles. The Bertz CT molecular complexity index is 804. The molecule has 2 aromatic rings. The molecule has 2 aromatic carbocycles. The van der Waals surface area contributed by atoms with Gasteiger partial charge in [-0.2, -0.15) is 0 Å². The van der Waals surface area contributed by atoms with Crippen LogP contribution in [-0.4, -0.2) is 33.3 Å². The molecular formula is C21H25FIN3O2. The van der Waals surface area contributed by atoms with Crippen molar-refractivity contribution in [2.75, 3.05) is 27.3 Å². The largest absolute Gasteiger partial charge is 0.493 e. The number of methoxy groups -OCH3 is 1. The van der Waals surface area contributed by atoms with Crippen LogP contribution in [0.3, 0.4) is 0 Å². The SMILES string of the molecule is C#CCOc1cc(CNC(=NC)NCCc2ccc(F)cc2)ccc1OC.I. The van der Waals surface area contributed by atoms with Crippen LogP contribution in [0.2, 0.25) is 0 Å². The minimum atomic E-state index is -0.228. The normalized spacial score (nSPS) is 10.4. The maximum atomic E-state index is 12.9. The fourth-order valence-corrected chi connectivity index (χ4v) is 2.45. The van der Waals surface area contributed by atoms with Crippen LogP contribution >= 0.6 is 24.0 Å². The summed E-state index contributed by atoms with van der Waals surface area (Å²) >= 11 is 0. The second kappa shape index (κ2) is 12.8. The average Bonchev–Trinajstić information content (AvgIpc) is 2.70. The smallest absolute Gasteiger partial charge is 0.191 e. The van der Waals surface area contributed by atoms with E-state index in [2.05, 4.69) is 21.5 Å². The Kier molecular flexibility index (Phi) is 10.8. The highest BCUT2D eigenvalue weighted by atomic mass is 127. The molecule has 2 N–H and O–H groups in total. The van der Waals surface area contributed by atoms with Crippen molar-refractivity contribution in [3.8, 4) is 23.8 Å². The van der Waals surface area contributed by atoms with Gasteiger partial charge in [0.15, 0.2) is 17.5 Å². The van der Waals surface area contributed by atoms with E-state index in [0.29, 0.717) is 30.5 Å². The number of rotatable bonds is 8. The Labute approximate surface area is 182 Å². The van der Waals surface area contributed by atoms with Gasteiger partial charge in [0.05, 0.1) is 7.11 Å².